The first-order valence-corrected chi connectivity index (χ1v) is 29.8. The molecule has 0 fully saturated rings. The van der Waals surface area contributed by atoms with E-state index in [0.29, 0.717) is 25.9 Å². The molecule has 0 aliphatic carbocycles. The Labute approximate surface area is 434 Å². The molecule has 402 valence electrons. The highest BCUT2D eigenvalue weighted by atomic mass is 16.6. The highest BCUT2D eigenvalue weighted by Crippen LogP contribution is 2.15. The average Bonchev–Trinajstić information content (AvgIpc) is 3.36. The zero-order valence-electron chi connectivity index (χ0n) is 46.3. The molecule has 0 unspecified atom stereocenters. The SMILES string of the molecule is CC/C=C\C/C=C\C/C=C\C/C=C\C/C=C\C/C=C\CCC(=O)OC[C@H](COC(=O)CCCCCCCCCCC/C=C\C/C=C\CCCCC)OCCCCCCCCCCCCCCCCCC. The number of unbranched alkanes of at least 4 members (excludes halogenated alkanes) is 27. The van der Waals surface area contributed by atoms with Crippen LogP contribution in [0.3, 0.4) is 0 Å². The average molecular weight is 974 g/mol. The standard InChI is InChI=1S/C65H112O5/c1-4-7-10-13-16-19-22-25-28-31-33-35-37-40-43-46-49-52-55-58-64(66)69-61-63(68-60-57-54-51-48-45-42-39-30-27-24-21-18-15-12-9-6-3)62-70-65(67)59-56-53-50-47-44-41-38-36-34-32-29-26-23-20-17-14-11-8-5-2/h7,10,16-17,19-20,25-26,28-29,33,35,40,43,49,52,63H,4-6,8-9,11-15,18,21-24,27,30-32,34,36-39,41-42,44-48,50-51,53-62H2,1-3H3/b10-7-,19-16-,20-17-,28-25-,29-26-,35-33-,43-40-,52-49-/t63-/m1/s1. The molecule has 5 nitrogen and oxygen atoms in total. The van der Waals surface area contributed by atoms with Crippen LogP contribution in [0.4, 0.5) is 0 Å². The summed E-state index contributed by atoms with van der Waals surface area (Å²) in [6.07, 6.45) is 81.8. The molecule has 5 heteroatoms. The fourth-order valence-corrected chi connectivity index (χ4v) is 8.19. The topological polar surface area (TPSA) is 61.8 Å². The molecular formula is C65H112O5. The number of esters is 2. The van der Waals surface area contributed by atoms with Crippen molar-refractivity contribution in [3.63, 3.8) is 0 Å². The Morgan fingerprint density at radius 1 is 0.314 bits per heavy atom. The lowest BCUT2D eigenvalue weighted by Gasteiger charge is -2.18. The van der Waals surface area contributed by atoms with Gasteiger partial charge in [-0.2, -0.15) is 0 Å². The Balaban J connectivity index is 4.37. The second-order valence-corrected chi connectivity index (χ2v) is 19.5. The van der Waals surface area contributed by atoms with E-state index in [1.54, 1.807) is 0 Å². The summed E-state index contributed by atoms with van der Waals surface area (Å²) < 4.78 is 17.5. The lowest BCUT2D eigenvalue weighted by atomic mass is 10.0. The van der Waals surface area contributed by atoms with E-state index in [2.05, 4.69) is 112 Å². The van der Waals surface area contributed by atoms with Crippen molar-refractivity contribution in [3.8, 4) is 0 Å². The van der Waals surface area contributed by atoms with Gasteiger partial charge in [0.1, 0.15) is 19.3 Å². The summed E-state index contributed by atoms with van der Waals surface area (Å²) in [5, 5.41) is 0. The van der Waals surface area contributed by atoms with E-state index in [1.165, 1.54) is 167 Å². The first-order chi connectivity index (χ1) is 34.6. The van der Waals surface area contributed by atoms with Crippen LogP contribution in [0.2, 0.25) is 0 Å². The molecule has 0 saturated heterocycles. The Hall–Kier alpha value is -3.18. The van der Waals surface area contributed by atoms with Crippen LogP contribution in [-0.2, 0) is 23.8 Å². The summed E-state index contributed by atoms with van der Waals surface area (Å²) in [6, 6.07) is 0. The van der Waals surface area contributed by atoms with Gasteiger partial charge in [-0.25, -0.2) is 0 Å². The zero-order valence-corrected chi connectivity index (χ0v) is 46.3. The van der Waals surface area contributed by atoms with Gasteiger partial charge in [-0.15, -0.1) is 0 Å². The summed E-state index contributed by atoms with van der Waals surface area (Å²) in [7, 11) is 0. The van der Waals surface area contributed by atoms with E-state index in [0.717, 1.165) is 70.6 Å². The molecule has 70 heavy (non-hydrogen) atoms. The lowest BCUT2D eigenvalue weighted by molar-refractivity contribution is -0.155. The zero-order chi connectivity index (χ0) is 50.6. The molecule has 0 spiro atoms. The fraction of sp³-hybridized carbons (Fsp3) is 0.723. The van der Waals surface area contributed by atoms with Crippen molar-refractivity contribution < 1.29 is 23.8 Å². The monoisotopic (exact) mass is 973 g/mol. The Morgan fingerprint density at radius 3 is 1.03 bits per heavy atom. The molecule has 0 rings (SSSR count). The maximum atomic E-state index is 12.7. The van der Waals surface area contributed by atoms with Gasteiger partial charge in [0.05, 0.1) is 0 Å². The summed E-state index contributed by atoms with van der Waals surface area (Å²) >= 11 is 0. The molecule has 0 aromatic heterocycles. The molecule has 0 N–H and O–H groups in total. The number of ether oxygens (including phenoxy) is 3. The maximum Gasteiger partial charge on any atom is 0.306 e. The first-order valence-electron chi connectivity index (χ1n) is 29.8. The predicted octanol–water partition coefficient (Wildman–Crippen LogP) is 20.6. The van der Waals surface area contributed by atoms with Crippen molar-refractivity contribution in [1.29, 1.82) is 0 Å². The highest BCUT2D eigenvalue weighted by Gasteiger charge is 2.16. The van der Waals surface area contributed by atoms with Gasteiger partial charge in [0.2, 0.25) is 0 Å². The maximum absolute atomic E-state index is 12.7. The van der Waals surface area contributed by atoms with Gasteiger partial charge in [0.25, 0.3) is 0 Å². The molecule has 0 heterocycles. The van der Waals surface area contributed by atoms with E-state index >= 15 is 0 Å². The minimum absolute atomic E-state index is 0.113. The minimum Gasteiger partial charge on any atom is -0.463 e. The van der Waals surface area contributed by atoms with E-state index < -0.39 is 6.10 Å². The first kappa shape index (κ1) is 66.8. The van der Waals surface area contributed by atoms with Gasteiger partial charge in [0.15, 0.2) is 0 Å². The normalized spacial score (nSPS) is 12.9. The third kappa shape index (κ3) is 57.4. The van der Waals surface area contributed by atoms with E-state index in [-0.39, 0.29) is 25.2 Å². The number of allylic oxidation sites excluding steroid dienone is 16. The van der Waals surface area contributed by atoms with E-state index in [1.807, 2.05) is 6.08 Å². The van der Waals surface area contributed by atoms with Gasteiger partial charge in [-0.3, -0.25) is 9.59 Å². The molecule has 0 saturated carbocycles. The number of hydrogen-bond acceptors (Lipinski definition) is 5. The predicted molar refractivity (Wildman–Crippen MR) is 306 cm³/mol. The van der Waals surface area contributed by atoms with E-state index in [9.17, 15) is 9.59 Å². The smallest absolute Gasteiger partial charge is 0.306 e. The van der Waals surface area contributed by atoms with Gasteiger partial charge in [-0.1, -0.05) is 272 Å². The largest absolute Gasteiger partial charge is 0.463 e. The van der Waals surface area contributed by atoms with Crippen molar-refractivity contribution in [3.05, 3.63) is 97.2 Å². The molecule has 0 radical (unpaired) electrons. The second kappa shape index (κ2) is 60.1. The van der Waals surface area contributed by atoms with Crippen LogP contribution in [0.1, 0.15) is 278 Å². The van der Waals surface area contributed by atoms with Crippen LogP contribution in [0, 0.1) is 0 Å². The molecule has 0 aliphatic heterocycles. The van der Waals surface area contributed by atoms with Crippen molar-refractivity contribution in [2.24, 2.45) is 0 Å². The molecule has 0 amide bonds. The number of rotatable bonds is 54. The van der Waals surface area contributed by atoms with Gasteiger partial charge in [-0.05, 0) is 89.9 Å². The minimum atomic E-state index is -0.437. The third-order valence-electron chi connectivity index (χ3n) is 12.7. The summed E-state index contributed by atoms with van der Waals surface area (Å²) in [4.78, 5) is 25.3. The molecule has 0 aliphatic rings. The van der Waals surface area contributed by atoms with Crippen LogP contribution < -0.4 is 0 Å². The summed E-state index contributed by atoms with van der Waals surface area (Å²) in [5.41, 5.74) is 0. The Bertz CT molecular complexity index is 1330. The van der Waals surface area contributed by atoms with Crippen LogP contribution in [-0.4, -0.2) is 37.9 Å². The van der Waals surface area contributed by atoms with Gasteiger partial charge < -0.3 is 14.2 Å². The number of carbonyl (C=O) groups excluding carboxylic acids is 2. The third-order valence-corrected chi connectivity index (χ3v) is 12.7. The number of hydrogen-bond donors (Lipinski definition) is 0. The van der Waals surface area contributed by atoms with Crippen molar-refractivity contribution in [2.75, 3.05) is 19.8 Å². The molecule has 1 atom stereocenters. The Morgan fingerprint density at radius 2 is 0.614 bits per heavy atom. The summed E-state index contributed by atoms with van der Waals surface area (Å²) in [6.45, 7) is 7.53. The fourth-order valence-electron chi connectivity index (χ4n) is 8.19. The lowest BCUT2D eigenvalue weighted by Crippen LogP contribution is -2.29. The summed E-state index contributed by atoms with van der Waals surface area (Å²) in [5.74, 6) is -0.428. The van der Waals surface area contributed by atoms with Crippen molar-refractivity contribution >= 4 is 11.9 Å². The molecular weight excluding hydrogens is 861 g/mol. The number of carbonyl (C=O) groups is 2. The highest BCUT2D eigenvalue weighted by molar-refractivity contribution is 5.70. The Kier molecular flexibility index (Phi) is 57.4. The second-order valence-electron chi connectivity index (χ2n) is 19.5. The van der Waals surface area contributed by atoms with Crippen LogP contribution >= 0.6 is 0 Å². The molecule has 0 aromatic carbocycles. The van der Waals surface area contributed by atoms with Crippen LogP contribution in [0.15, 0.2) is 97.2 Å². The van der Waals surface area contributed by atoms with Gasteiger partial charge >= 0.3 is 11.9 Å². The molecule has 0 aromatic rings. The van der Waals surface area contributed by atoms with Crippen molar-refractivity contribution in [2.45, 2.75) is 284 Å². The van der Waals surface area contributed by atoms with Crippen LogP contribution in [0.25, 0.3) is 0 Å². The van der Waals surface area contributed by atoms with Crippen molar-refractivity contribution in [1.82, 2.24) is 0 Å². The van der Waals surface area contributed by atoms with Crippen LogP contribution in [0.5, 0.6) is 0 Å². The van der Waals surface area contributed by atoms with E-state index in [4.69, 9.17) is 14.2 Å². The van der Waals surface area contributed by atoms with Gasteiger partial charge in [0, 0.05) is 19.4 Å². The molecule has 0 bridgehead atoms. The quantitative estimate of drug-likeness (QED) is 0.0345.